The predicted molar refractivity (Wildman–Crippen MR) is 81.0 cm³/mol. The van der Waals surface area contributed by atoms with Gasteiger partial charge in [-0.1, -0.05) is 0 Å². The van der Waals surface area contributed by atoms with Gasteiger partial charge in [0.15, 0.2) is 6.61 Å². The minimum Gasteiger partial charge on any atom is -0.465 e. The fourth-order valence-electron chi connectivity index (χ4n) is 1.53. The molecular weight excluding hydrogens is 288 g/mol. The van der Waals surface area contributed by atoms with E-state index in [1.54, 1.807) is 40.7 Å². The molecule has 1 aromatic heterocycles. The van der Waals surface area contributed by atoms with E-state index in [0.717, 1.165) is 0 Å². The van der Waals surface area contributed by atoms with E-state index in [4.69, 9.17) is 14.2 Å². The maximum Gasteiger partial charge on any atom is 0.412 e. The van der Waals surface area contributed by atoms with Crippen LogP contribution in [-0.4, -0.2) is 35.9 Å². The normalized spacial score (nSPS) is 10.8. The van der Waals surface area contributed by atoms with Gasteiger partial charge in [-0.15, -0.1) is 0 Å². The lowest BCUT2D eigenvalue weighted by molar-refractivity contribution is -0.145. The average Bonchev–Trinajstić information content (AvgIpc) is 2.35. The molecule has 0 unspecified atom stereocenters. The zero-order valence-electron chi connectivity index (χ0n) is 13.6. The average molecular weight is 310 g/mol. The van der Waals surface area contributed by atoms with E-state index in [1.165, 1.54) is 6.20 Å². The van der Waals surface area contributed by atoms with Crippen LogP contribution in [0.25, 0.3) is 0 Å². The number of nitrogens with one attached hydrogen (secondary N) is 1. The standard InChI is InChI=1S/C15H22N2O5/c1-6-20-12(18)9-21-13-10(2)7-11(8-16-13)17-14(19)22-15(3,4)5/h7-8H,6,9H2,1-5H3,(H,17,19). The topological polar surface area (TPSA) is 86.8 Å². The molecule has 0 bridgehead atoms. The molecule has 0 fully saturated rings. The van der Waals surface area contributed by atoms with Gasteiger partial charge in [0, 0.05) is 5.56 Å². The predicted octanol–water partition coefficient (Wildman–Crippen LogP) is 2.68. The van der Waals surface area contributed by atoms with Crippen LogP contribution in [0.15, 0.2) is 12.3 Å². The number of hydrogen-bond acceptors (Lipinski definition) is 6. The zero-order chi connectivity index (χ0) is 16.8. The molecule has 0 aliphatic heterocycles. The monoisotopic (exact) mass is 310 g/mol. The fourth-order valence-corrected chi connectivity index (χ4v) is 1.53. The summed E-state index contributed by atoms with van der Waals surface area (Å²) in [6, 6.07) is 1.68. The van der Waals surface area contributed by atoms with Gasteiger partial charge in [-0.25, -0.2) is 14.6 Å². The highest BCUT2D eigenvalue weighted by molar-refractivity contribution is 5.84. The lowest BCUT2D eigenvalue weighted by atomic mass is 10.2. The number of nitrogens with zero attached hydrogens (tertiary/aromatic N) is 1. The van der Waals surface area contributed by atoms with Gasteiger partial charge >= 0.3 is 12.1 Å². The quantitative estimate of drug-likeness (QED) is 0.841. The minimum atomic E-state index is -0.574. The highest BCUT2D eigenvalue weighted by Gasteiger charge is 2.16. The van der Waals surface area contributed by atoms with Gasteiger partial charge in [0.05, 0.1) is 18.5 Å². The second-order valence-corrected chi connectivity index (χ2v) is 5.57. The maximum absolute atomic E-state index is 11.7. The Kier molecular flexibility index (Phi) is 6.15. The van der Waals surface area contributed by atoms with Gasteiger partial charge in [-0.3, -0.25) is 5.32 Å². The summed E-state index contributed by atoms with van der Waals surface area (Å²) in [6.07, 6.45) is 0.867. The highest BCUT2D eigenvalue weighted by Crippen LogP contribution is 2.19. The van der Waals surface area contributed by atoms with Crippen molar-refractivity contribution in [2.24, 2.45) is 0 Å². The van der Waals surface area contributed by atoms with Gasteiger partial charge in [0.25, 0.3) is 0 Å². The van der Waals surface area contributed by atoms with Crippen molar-refractivity contribution in [2.45, 2.75) is 40.2 Å². The molecule has 122 valence electrons. The molecule has 7 heteroatoms. The third-order valence-electron chi connectivity index (χ3n) is 2.31. The smallest absolute Gasteiger partial charge is 0.412 e. The van der Waals surface area contributed by atoms with Crippen molar-refractivity contribution in [3.63, 3.8) is 0 Å². The number of aryl methyl sites for hydroxylation is 1. The molecule has 22 heavy (non-hydrogen) atoms. The number of hydrogen-bond donors (Lipinski definition) is 1. The number of pyridine rings is 1. The van der Waals surface area contributed by atoms with Crippen molar-refractivity contribution in [3.05, 3.63) is 17.8 Å². The summed E-state index contributed by atoms with van der Waals surface area (Å²) in [5.74, 6) is -0.151. The zero-order valence-corrected chi connectivity index (χ0v) is 13.6. The molecule has 1 rings (SSSR count). The van der Waals surface area contributed by atoms with Crippen molar-refractivity contribution < 1.29 is 23.8 Å². The maximum atomic E-state index is 11.7. The summed E-state index contributed by atoms with van der Waals surface area (Å²) in [6.45, 7) is 8.91. The van der Waals surface area contributed by atoms with Crippen LogP contribution in [0.1, 0.15) is 33.3 Å². The number of esters is 1. The van der Waals surface area contributed by atoms with E-state index in [2.05, 4.69) is 10.3 Å². The van der Waals surface area contributed by atoms with Crippen LogP contribution in [0.5, 0.6) is 5.88 Å². The summed E-state index contributed by atoms with van der Waals surface area (Å²) in [4.78, 5) is 26.9. The van der Waals surface area contributed by atoms with Crippen LogP contribution in [0, 0.1) is 6.92 Å². The summed E-state index contributed by atoms with van der Waals surface area (Å²) in [5.41, 5.74) is 0.586. The molecule has 0 spiro atoms. The fraction of sp³-hybridized carbons (Fsp3) is 0.533. The number of carbonyl (C=O) groups is 2. The van der Waals surface area contributed by atoms with Crippen LogP contribution < -0.4 is 10.1 Å². The lowest BCUT2D eigenvalue weighted by Crippen LogP contribution is -2.27. The summed E-state index contributed by atoms with van der Waals surface area (Å²) in [5, 5.41) is 2.58. The van der Waals surface area contributed by atoms with Gasteiger partial charge < -0.3 is 14.2 Å². The SMILES string of the molecule is CCOC(=O)COc1ncc(NC(=O)OC(C)(C)C)cc1C. The van der Waals surface area contributed by atoms with Crippen molar-refractivity contribution in [3.8, 4) is 5.88 Å². The Morgan fingerprint density at radius 2 is 2.00 bits per heavy atom. The summed E-state index contributed by atoms with van der Waals surface area (Å²) < 4.78 is 15.2. The number of carbonyl (C=O) groups excluding carboxylic acids is 2. The number of rotatable bonds is 5. The van der Waals surface area contributed by atoms with Crippen LogP contribution in [0.3, 0.4) is 0 Å². The third kappa shape index (κ3) is 6.43. The molecule has 0 aromatic carbocycles. The molecule has 1 amide bonds. The van der Waals surface area contributed by atoms with Crippen LogP contribution in [0.2, 0.25) is 0 Å². The van der Waals surface area contributed by atoms with E-state index in [0.29, 0.717) is 23.7 Å². The summed E-state index contributed by atoms with van der Waals surface area (Å²) >= 11 is 0. The van der Waals surface area contributed by atoms with Gasteiger partial charge in [0.1, 0.15) is 5.60 Å². The molecular formula is C15H22N2O5. The lowest BCUT2D eigenvalue weighted by Gasteiger charge is -2.19. The van der Waals surface area contributed by atoms with Crippen molar-refractivity contribution in [1.82, 2.24) is 4.98 Å². The van der Waals surface area contributed by atoms with Gasteiger partial charge in [0.2, 0.25) is 5.88 Å². The number of aromatic nitrogens is 1. The van der Waals surface area contributed by atoms with E-state index < -0.39 is 17.7 Å². The Balaban J connectivity index is 2.62. The van der Waals surface area contributed by atoms with Crippen molar-refractivity contribution >= 4 is 17.7 Å². The molecule has 0 saturated heterocycles. The molecule has 0 radical (unpaired) electrons. The Morgan fingerprint density at radius 3 is 2.55 bits per heavy atom. The molecule has 0 saturated carbocycles. The first-order chi connectivity index (χ1) is 10.2. The highest BCUT2D eigenvalue weighted by atomic mass is 16.6. The second-order valence-electron chi connectivity index (χ2n) is 5.57. The Morgan fingerprint density at radius 1 is 1.32 bits per heavy atom. The first-order valence-electron chi connectivity index (χ1n) is 6.96. The largest absolute Gasteiger partial charge is 0.465 e. The molecule has 1 aromatic rings. The number of anilines is 1. The molecule has 0 atom stereocenters. The molecule has 1 N–H and O–H groups in total. The van der Waals surface area contributed by atoms with Crippen LogP contribution >= 0.6 is 0 Å². The van der Waals surface area contributed by atoms with E-state index >= 15 is 0 Å². The first-order valence-corrected chi connectivity index (χ1v) is 6.96. The Hall–Kier alpha value is -2.31. The van der Waals surface area contributed by atoms with Crippen molar-refractivity contribution in [2.75, 3.05) is 18.5 Å². The van der Waals surface area contributed by atoms with Gasteiger partial charge in [-0.05, 0) is 40.7 Å². The second kappa shape index (κ2) is 7.63. The first kappa shape index (κ1) is 17.7. The Labute approximate surface area is 130 Å². The van der Waals surface area contributed by atoms with Gasteiger partial charge in [-0.2, -0.15) is 0 Å². The Bertz CT molecular complexity index is 537. The van der Waals surface area contributed by atoms with E-state index in [-0.39, 0.29) is 6.61 Å². The molecule has 0 aliphatic carbocycles. The molecule has 1 heterocycles. The number of ether oxygens (including phenoxy) is 3. The van der Waals surface area contributed by atoms with Crippen LogP contribution in [0.4, 0.5) is 10.5 Å². The van der Waals surface area contributed by atoms with E-state index in [1.807, 2.05) is 0 Å². The molecule has 7 nitrogen and oxygen atoms in total. The number of amides is 1. The minimum absolute atomic E-state index is 0.208. The third-order valence-corrected chi connectivity index (χ3v) is 2.31. The van der Waals surface area contributed by atoms with E-state index in [9.17, 15) is 9.59 Å². The van der Waals surface area contributed by atoms with Crippen LogP contribution in [-0.2, 0) is 14.3 Å². The van der Waals surface area contributed by atoms with Crippen molar-refractivity contribution in [1.29, 1.82) is 0 Å². The molecule has 0 aliphatic rings. The summed E-state index contributed by atoms with van der Waals surface area (Å²) in [7, 11) is 0.